The average Bonchev–Trinajstić information content (AvgIpc) is 2.79. The predicted molar refractivity (Wildman–Crippen MR) is 63.1 cm³/mol. The minimum absolute atomic E-state index is 0.166. The Morgan fingerprint density at radius 2 is 2.11 bits per heavy atom. The molecule has 0 aromatic carbocycles. The summed E-state index contributed by atoms with van der Waals surface area (Å²) < 4.78 is 37.4. The van der Waals surface area contributed by atoms with E-state index in [1.807, 2.05) is 0 Å². The highest BCUT2D eigenvalue weighted by molar-refractivity contribution is 7.09. The number of nitrogen functional groups attached to an aromatic ring is 1. The zero-order valence-electron chi connectivity index (χ0n) is 9.03. The van der Waals surface area contributed by atoms with Crippen LogP contribution in [0.5, 0.6) is 0 Å². The van der Waals surface area contributed by atoms with Gasteiger partial charge in [0.1, 0.15) is 10.7 Å². The Morgan fingerprint density at radius 3 is 2.72 bits per heavy atom. The summed E-state index contributed by atoms with van der Waals surface area (Å²) in [6.07, 6.45) is -1.86. The summed E-state index contributed by atoms with van der Waals surface area (Å²) in [6.45, 7) is 0.323. The maximum Gasteiger partial charge on any atom is 0.433 e. The van der Waals surface area contributed by atoms with Gasteiger partial charge in [-0.3, -0.25) is 0 Å². The molecule has 0 saturated heterocycles. The van der Waals surface area contributed by atoms with Crippen LogP contribution in [0.2, 0.25) is 0 Å². The lowest BCUT2D eigenvalue weighted by molar-refractivity contribution is -0.141. The van der Waals surface area contributed by atoms with E-state index in [0.29, 0.717) is 6.54 Å². The van der Waals surface area contributed by atoms with Gasteiger partial charge in [0, 0.05) is 11.6 Å². The molecule has 0 aliphatic heterocycles. The molecule has 0 unspecified atom stereocenters. The Morgan fingerprint density at radius 1 is 1.33 bits per heavy atom. The van der Waals surface area contributed by atoms with Gasteiger partial charge < -0.3 is 11.1 Å². The van der Waals surface area contributed by atoms with Gasteiger partial charge in [-0.2, -0.15) is 13.2 Å². The Hall–Kier alpha value is -1.83. The summed E-state index contributed by atoms with van der Waals surface area (Å²) in [7, 11) is 0. The molecule has 2 rings (SSSR count). The Bertz CT molecular complexity index is 524. The average molecular weight is 274 g/mol. The molecule has 0 atom stereocenters. The Labute approximate surface area is 105 Å². The molecule has 8 heteroatoms. The van der Waals surface area contributed by atoms with Crippen LogP contribution in [0.15, 0.2) is 23.8 Å². The number of halogens is 3. The third-order valence-electron chi connectivity index (χ3n) is 2.14. The van der Waals surface area contributed by atoms with Crippen LogP contribution in [0.25, 0.3) is 0 Å². The first-order valence-corrected chi connectivity index (χ1v) is 5.80. The quantitative estimate of drug-likeness (QED) is 0.903. The molecule has 4 nitrogen and oxygen atoms in total. The molecule has 0 aliphatic carbocycles. The number of rotatable bonds is 3. The largest absolute Gasteiger partial charge is 0.433 e. The zero-order valence-corrected chi connectivity index (χ0v) is 9.85. The van der Waals surface area contributed by atoms with Gasteiger partial charge in [-0.05, 0) is 6.07 Å². The minimum Gasteiger partial charge on any atom is -0.396 e. The SMILES string of the molecule is Nc1cnc(C(F)(F)F)cc1NCc1nccs1. The molecule has 18 heavy (non-hydrogen) atoms. The molecule has 96 valence electrons. The van der Waals surface area contributed by atoms with Crippen LogP contribution in [0, 0.1) is 0 Å². The lowest BCUT2D eigenvalue weighted by atomic mass is 10.2. The van der Waals surface area contributed by atoms with Gasteiger partial charge in [0.15, 0.2) is 0 Å². The van der Waals surface area contributed by atoms with Gasteiger partial charge in [-0.1, -0.05) is 0 Å². The Balaban J connectivity index is 2.16. The molecule has 0 spiro atoms. The maximum atomic E-state index is 12.5. The summed E-state index contributed by atoms with van der Waals surface area (Å²) in [6, 6.07) is 0.892. The number of nitrogens with one attached hydrogen (secondary N) is 1. The minimum atomic E-state index is -4.48. The number of thiazole rings is 1. The fraction of sp³-hybridized carbons (Fsp3) is 0.200. The van der Waals surface area contributed by atoms with Crippen molar-refractivity contribution >= 4 is 22.7 Å². The summed E-state index contributed by atoms with van der Waals surface area (Å²) >= 11 is 1.41. The fourth-order valence-electron chi connectivity index (χ4n) is 1.29. The molecule has 2 aromatic rings. The van der Waals surface area contributed by atoms with Crippen LogP contribution < -0.4 is 11.1 Å². The number of hydrogen-bond acceptors (Lipinski definition) is 5. The van der Waals surface area contributed by atoms with Crippen molar-refractivity contribution in [1.82, 2.24) is 9.97 Å². The smallest absolute Gasteiger partial charge is 0.396 e. The molecule has 0 bridgehead atoms. The van der Waals surface area contributed by atoms with Crippen molar-refractivity contribution in [1.29, 1.82) is 0 Å². The number of nitrogens with two attached hydrogens (primary N) is 1. The first-order valence-electron chi connectivity index (χ1n) is 4.92. The van der Waals surface area contributed by atoms with Crippen LogP contribution in [0.4, 0.5) is 24.5 Å². The monoisotopic (exact) mass is 274 g/mol. The van der Waals surface area contributed by atoms with Crippen LogP contribution >= 0.6 is 11.3 Å². The van der Waals surface area contributed by atoms with E-state index in [0.717, 1.165) is 17.3 Å². The second kappa shape index (κ2) is 4.81. The fourth-order valence-corrected chi connectivity index (χ4v) is 1.84. The predicted octanol–water partition coefficient (Wildman–Crippen LogP) is 2.75. The first-order chi connectivity index (χ1) is 8.47. The van der Waals surface area contributed by atoms with Crippen molar-refractivity contribution in [3.63, 3.8) is 0 Å². The number of hydrogen-bond donors (Lipinski definition) is 2. The van der Waals surface area contributed by atoms with Crippen molar-refractivity contribution in [3.8, 4) is 0 Å². The van der Waals surface area contributed by atoms with E-state index < -0.39 is 11.9 Å². The lowest BCUT2D eigenvalue weighted by Crippen LogP contribution is -2.10. The number of nitrogens with zero attached hydrogens (tertiary/aromatic N) is 2. The van der Waals surface area contributed by atoms with Gasteiger partial charge >= 0.3 is 6.18 Å². The van der Waals surface area contributed by atoms with Gasteiger partial charge in [-0.15, -0.1) is 11.3 Å². The lowest BCUT2D eigenvalue weighted by Gasteiger charge is -2.11. The molecular formula is C10H9F3N4S. The number of anilines is 2. The number of alkyl halides is 3. The molecule has 0 amide bonds. The number of aromatic nitrogens is 2. The molecule has 0 saturated carbocycles. The van der Waals surface area contributed by atoms with Crippen molar-refractivity contribution in [2.75, 3.05) is 11.1 Å². The van der Waals surface area contributed by atoms with Crippen LogP contribution in [0.1, 0.15) is 10.7 Å². The second-order valence-corrected chi connectivity index (χ2v) is 4.41. The molecule has 2 aromatic heterocycles. The molecular weight excluding hydrogens is 265 g/mol. The molecule has 0 aliphatic rings. The van der Waals surface area contributed by atoms with Gasteiger partial charge in [0.05, 0.1) is 24.1 Å². The highest BCUT2D eigenvalue weighted by Gasteiger charge is 2.32. The van der Waals surface area contributed by atoms with Gasteiger partial charge in [0.2, 0.25) is 0 Å². The second-order valence-electron chi connectivity index (χ2n) is 3.43. The van der Waals surface area contributed by atoms with Crippen LogP contribution in [-0.2, 0) is 12.7 Å². The molecule has 3 N–H and O–H groups in total. The van der Waals surface area contributed by atoms with Crippen molar-refractivity contribution < 1.29 is 13.2 Å². The van der Waals surface area contributed by atoms with E-state index in [4.69, 9.17) is 5.73 Å². The highest BCUT2D eigenvalue weighted by Crippen LogP contribution is 2.31. The third-order valence-corrected chi connectivity index (χ3v) is 2.92. The summed E-state index contributed by atoms with van der Waals surface area (Å²) in [5.41, 5.74) is 4.96. The first kappa shape index (κ1) is 12.6. The van der Waals surface area contributed by atoms with Crippen molar-refractivity contribution in [3.05, 3.63) is 34.5 Å². The van der Waals surface area contributed by atoms with E-state index in [9.17, 15) is 13.2 Å². The summed E-state index contributed by atoms with van der Waals surface area (Å²) in [5.74, 6) is 0. The highest BCUT2D eigenvalue weighted by atomic mass is 32.1. The number of pyridine rings is 1. The zero-order chi connectivity index (χ0) is 13.2. The molecule has 2 heterocycles. The molecule has 0 radical (unpaired) electrons. The van der Waals surface area contributed by atoms with Gasteiger partial charge in [0.25, 0.3) is 0 Å². The van der Waals surface area contributed by atoms with Crippen LogP contribution in [0.3, 0.4) is 0 Å². The standard InChI is InChI=1S/C10H9F3N4S/c11-10(12,13)8-3-7(6(14)4-17-8)16-5-9-15-1-2-18-9/h1-4H,5,14H2,(H,16,17). The maximum absolute atomic E-state index is 12.5. The Kier molecular flexibility index (Phi) is 3.37. The van der Waals surface area contributed by atoms with Crippen molar-refractivity contribution in [2.45, 2.75) is 12.7 Å². The van der Waals surface area contributed by atoms with Gasteiger partial charge in [-0.25, -0.2) is 9.97 Å². The third kappa shape index (κ3) is 2.89. The summed E-state index contributed by atoms with van der Waals surface area (Å²) in [5, 5.41) is 5.36. The normalized spacial score (nSPS) is 11.5. The van der Waals surface area contributed by atoms with E-state index >= 15 is 0 Å². The molecule has 0 fully saturated rings. The van der Waals surface area contributed by atoms with E-state index in [2.05, 4.69) is 15.3 Å². The topological polar surface area (TPSA) is 63.8 Å². The van der Waals surface area contributed by atoms with E-state index in [1.165, 1.54) is 11.3 Å². The van der Waals surface area contributed by atoms with Crippen LogP contribution in [-0.4, -0.2) is 9.97 Å². The van der Waals surface area contributed by atoms with E-state index in [-0.39, 0.29) is 11.4 Å². The summed E-state index contributed by atoms with van der Waals surface area (Å²) in [4.78, 5) is 7.26. The van der Waals surface area contributed by atoms with Crippen molar-refractivity contribution in [2.24, 2.45) is 0 Å². The van der Waals surface area contributed by atoms with E-state index in [1.54, 1.807) is 11.6 Å².